The summed E-state index contributed by atoms with van der Waals surface area (Å²) in [7, 11) is 0. The zero-order valence-corrected chi connectivity index (χ0v) is 14.0. The Bertz CT molecular complexity index is 1000. The second kappa shape index (κ2) is 7.65. The minimum absolute atomic E-state index is 0.0178. The number of hydrogen-bond donors (Lipinski definition) is 1. The van der Waals surface area contributed by atoms with Gasteiger partial charge in [-0.15, -0.1) is 0 Å². The highest BCUT2D eigenvalue weighted by Crippen LogP contribution is 2.34. The summed E-state index contributed by atoms with van der Waals surface area (Å²) < 4.78 is 19.8. The van der Waals surface area contributed by atoms with Gasteiger partial charge >= 0.3 is 11.7 Å². The van der Waals surface area contributed by atoms with Crippen molar-refractivity contribution in [3.05, 3.63) is 93.8 Å². The van der Waals surface area contributed by atoms with Gasteiger partial charge in [-0.25, -0.2) is 4.79 Å². The van der Waals surface area contributed by atoms with Crippen LogP contribution in [0, 0.1) is 15.9 Å². The summed E-state index contributed by atoms with van der Waals surface area (Å²) in [5.41, 5.74) is 1.04. The first kappa shape index (κ1) is 18.1. The van der Waals surface area contributed by atoms with Crippen molar-refractivity contribution in [1.29, 1.82) is 0 Å². The average molecular weight is 367 g/mol. The van der Waals surface area contributed by atoms with Crippen LogP contribution in [0.4, 0.5) is 10.1 Å². The summed E-state index contributed by atoms with van der Waals surface area (Å²) in [6.07, 6.45) is 0. The third-order valence-electron chi connectivity index (χ3n) is 3.92. The van der Waals surface area contributed by atoms with Gasteiger partial charge < -0.3 is 9.84 Å². The van der Waals surface area contributed by atoms with Crippen molar-refractivity contribution < 1.29 is 24.0 Å². The van der Waals surface area contributed by atoms with E-state index < -0.39 is 22.4 Å². The Kier molecular flexibility index (Phi) is 5.12. The molecule has 0 heterocycles. The molecule has 1 N–H and O–H groups in total. The Hall–Kier alpha value is -3.74. The third-order valence-corrected chi connectivity index (χ3v) is 3.92. The molecule has 0 aromatic heterocycles. The van der Waals surface area contributed by atoms with Crippen LogP contribution in [0.2, 0.25) is 0 Å². The van der Waals surface area contributed by atoms with Gasteiger partial charge in [0, 0.05) is 11.6 Å². The SMILES string of the molecule is O=C(O)c1ccc(-c2ccc([N+](=O)[O-])c(F)c2)c(OCc2ccccc2)c1. The van der Waals surface area contributed by atoms with E-state index in [1.807, 2.05) is 30.3 Å². The lowest BCUT2D eigenvalue weighted by Gasteiger charge is -2.13. The maximum absolute atomic E-state index is 14.0. The minimum Gasteiger partial charge on any atom is -0.488 e. The van der Waals surface area contributed by atoms with Crippen LogP contribution in [0.5, 0.6) is 5.75 Å². The third kappa shape index (κ3) is 4.09. The Morgan fingerprint density at radius 2 is 1.81 bits per heavy atom. The highest BCUT2D eigenvalue weighted by atomic mass is 19.1. The summed E-state index contributed by atoms with van der Waals surface area (Å²) in [5.74, 6) is -1.86. The van der Waals surface area contributed by atoms with Gasteiger partial charge in [-0.3, -0.25) is 10.1 Å². The van der Waals surface area contributed by atoms with Crippen LogP contribution >= 0.6 is 0 Å². The molecule has 136 valence electrons. The molecule has 6 nitrogen and oxygen atoms in total. The molecule has 7 heteroatoms. The highest BCUT2D eigenvalue weighted by molar-refractivity contribution is 5.89. The van der Waals surface area contributed by atoms with Crippen molar-refractivity contribution in [1.82, 2.24) is 0 Å². The number of ether oxygens (including phenoxy) is 1. The Labute approximate surface area is 153 Å². The van der Waals surface area contributed by atoms with Gasteiger partial charge in [0.25, 0.3) is 0 Å². The molecule has 0 aliphatic rings. The number of benzene rings is 3. The van der Waals surface area contributed by atoms with E-state index in [9.17, 15) is 24.4 Å². The molecule has 3 aromatic carbocycles. The summed E-state index contributed by atoms with van der Waals surface area (Å²) in [4.78, 5) is 21.2. The largest absolute Gasteiger partial charge is 0.488 e. The van der Waals surface area contributed by atoms with Crippen LogP contribution in [0.1, 0.15) is 15.9 Å². The summed E-state index contributed by atoms with van der Waals surface area (Å²) >= 11 is 0. The number of carboxylic acid groups (broad SMARTS) is 1. The van der Waals surface area contributed by atoms with Crippen LogP contribution in [0.25, 0.3) is 11.1 Å². The Morgan fingerprint density at radius 1 is 1.07 bits per heavy atom. The van der Waals surface area contributed by atoms with Crippen LogP contribution < -0.4 is 4.74 Å². The molecule has 0 bridgehead atoms. The number of aromatic carboxylic acids is 1. The molecule has 0 aliphatic heterocycles. The summed E-state index contributed by atoms with van der Waals surface area (Å²) in [5, 5.41) is 20.0. The highest BCUT2D eigenvalue weighted by Gasteiger charge is 2.17. The van der Waals surface area contributed by atoms with E-state index >= 15 is 0 Å². The lowest BCUT2D eigenvalue weighted by Crippen LogP contribution is -2.01. The first-order valence-corrected chi connectivity index (χ1v) is 7.94. The maximum Gasteiger partial charge on any atom is 0.335 e. The topological polar surface area (TPSA) is 89.7 Å². The zero-order valence-electron chi connectivity index (χ0n) is 14.0. The van der Waals surface area contributed by atoms with Crippen LogP contribution in [-0.2, 0) is 6.61 Å². The quantitative estimate of drug-likeness (QED) is 0.505. The van der Waals surface area contributed by atoms with Crippen LogP contribution in [-0.4, -0.2) is 16.0 Å². The Morgan fingerprint density at radius 3 is 2.44 bits per heavy atom. The number of hydrogen-bond acceptors (Lipinski definition) is 4. The molecule has 0 spiro atoms. The maximum atomic E-state index is 14.0. The van der Waals surface area contributed by atoms with Crippen molar-refractivity contribution in [3.8, 4) is 16.9 Å². The lowest BCUT2D eigenvalue weighted by molar-refractivity contribution is -0.387. The molecule has 0 unspecified atom stereocenters. The number of nitro groups is 1. The first-order valence-electron chi connectivity index (χ1n) is 7.94. The van der Waals surface area contributed by atoms with Gasteiger partial charge in [-0.05, 0) is 41.5 Å². The van der Waals surface area contributed by atoms with E-state index in [1.165, 1.54) is 24.3 Å². The van der Waals surface area contributed by atoms with Crippen LogP contribution in [0.15, 0.2) is 66.7 Å². The van der Waals surface area contributed by atoms with Crippen molar-refractivity contribution >= 4 is 11.7 Å². The fourth-order valence-electron chi connectivity index (χ4n) is 2.57. The molecule has 0 radical (unpaired) electrons. The number of halogens is 1. The lowest BCUT2D eigenvalue weighted by atomic mass is 10.0. The van der Waals surface area contributed by atoms with Crippen molar-refractivity contribution in [2.24, 2.45) is 0 Å². The second-order valence-electron chi connectivity index (χ2n) is 5.71. The number of rotatable bonds is 6. The molecule has 0 fully saturated rings. The molecule has 0 aliphatic carbocycles. The molecule has 0 amide bonds. The minimum atomic E-state index is -1.12. The molecular weight excluding hydrogens is 353 g/mol. The molecule has 0 saturated heterocycles. The van der Waals surface area contributed by atoms with Gasteiger partial charge in [0.2, 0.25) is 5.82 Å². The second-order valence-corrected chi connectivity index (χ2v) is 5.71. The number of nitro benzene ring substituents is 1. The van der Waals surface area contributed by atoms with E-state index in [0.717, 1.165) is 17.7 Å². The van der Waals surface area contributed by atoms with E-state index in [-0.39, 0.29) is 17.9 Å². The fraction of sp³-hybridized carbons (Fsp3) is 0.0500. The first-order chi connectivity index (χ1) is 13.0. The standard InChI is InChI=1S/C20H14FNO5/c21-17-10-14(7-9-18(17)22(25)26)16-8-6-15(20(23)24)11-19(16)27-12-13-4-2-1-3-5-13/h1-11H,12H2,(H,23,24). The van der Waals surface area contributed by atoms with Crippen molar-refractivity contribution in [2.45, 2.75) is 6.61 Å². The fourth-order valence-corrected chi connectivity index (χ4v) is 2.57. The summed E-state index contributed by atoms with van der Waals surface area (Å²) in [6, 6.07) is 17.0. The van der Waals surface area contributed by atoms with Gasteiger partial charge in [0.1, 0.15) is 12.4 Å². The predicted molar refractivity (Wildman–Crippen MR) is 96.2 cm³/mol. The number of nitrogens with zero attached hydrogens (tertiary/aromatic N) is 1. The molecule has 27 heavy (non-hydrogen) atoms. The average Bonchev–Trinajstić information content (AvgIpc) is 2.66. The molecule has 3 aromatic rings. The van der Waals surface area contributed by atoms with Crippen molar-refractivity contribution in [3.63, 3.8) is 0 Å². The summed E-state index contributed by atoms with van der Waals surface area (Å²) in [6.45, 7) is 0.187. The van der Waals surface area contributed by atoms with Gasteiger partial charge in [-0.2, -0.15) is 4.39 Å². The molecule has 0 atom stereocenters. The van der Waals surface area contributed by atoms with E-state index in [0.29, 0.717) is 11.1 Å². The zero-order chi connectivity index (χ0) is 19.4. The van der Waals surface area contributed by atoms with Crippen molar-refractivity contribution in [2.75, 3.05) is 0 Å². The van der Waals surface area contributed by atoms with Crippen LogP contribution in [0.3, 0.4) is 0 Å². The predicted octanol–water partition coefficient (Wildman–Crippen LogP) is 4.68. The number of carboxylic acids is 1. The van der Waals surface area contributed by atoms with E-state index in [1.54, 1.807) is 0 Å². The molecule has 3 rings (SSSR count). The molecular formula is C20H14FNO5. The van der Waals surface area contributed by atoms with Gasteiger partial charge in [-0.1, -0.05) is 30.3 Å². The number of carbonyl (C=O) groups is 1. The van der Waals surface area contributed by atoms with E-state index in [4.69, 9.17) is 4.74 Å². The van der Waals surface area contributed by atoms with Gasteiger partial charge in [0.05, 0.1) is 10.5 Å². The monoisotopic (exact) mass is 367 g/mol. The smallest absolute Gasteiger partial charge is 0.335 e. The van der Waals surface area contributed by atoms with Gasteiger partial charge in [0.15, 0.2) is 0 Å². The normalized spacial score (nSPS) is 10.4. The van der Waals surface area contributed by atoms with E-state index in [2.05, 4.69) is 0 Å². The Balaban J connectivity index is 2.00. The molecule has 0 saturated carbocycles.